The second kappa shape index (κ2) is 7.56. The van der Waals surface area contributed by atoms with Crippen molar-refractivity contribution in [2.45, 2.75) is 26.2 Å². The van der Waals surface area contributed by atoms with E-state index in [4.69, 9.17) is 12.2 Å². The fraction of sp³-hybridized carbons (Fsp3) is 0.312. The third-order valence-electron chi connectivity index (χ3n) is 3.23. The maximum atomic E-state index is 12.4. The zero-order chi connectivity index (χ0) is 16.1. The molecule has 0 atom stereocenters. The van der Waals surface area contributed by atoms with E-state index in [9.17, 15) is 14.7 Å². The molecule has 4 nitrogen and oxygen atoms in total. The van der Waals surface area contributed by atoms with Crippen LogP contribution in [0.1, 0.15) is 30.4 Å². The van der Waals surface area contributed by atoms with E-state index in [1.54, 1.807) is 0 Å². The first-order valence-corrected chi connectivity index (χ1v) is 8.22. The van der Waals surface area contributed by atoms with Crippen molar-refractivity contribution in [1.82, 2.24) is 4.90 Å². The lowest BCUT2D eigenvalue weighted by Crippen LogP contribution is -2.29. The Morgan fingerprint density at radius 1 is 1.41 bits per heavy atom. The fourth-order valence-corrected chi connectivity index (χ4v) is 3.45. The summed E-state index contributed by atoms with van der Waals surface area (Å²) in [5.74, 6) is -1.17. The molecule has 0 saturated carbocycles. The molecule has 6 heteroatoms. The number of carbonyl (C=O) groups is 2. The highest BCUT2D eigenvalue weighted by atomic mass is 32.2. The van der Waals surface area contributed by atoms with Crippen LogP contribution in [0, 0.1) is 6.92 Å². The third kappa shape index (κ3) is 4.42. The smallest absolute Gasteiger partial charge is 0.266 e. The summed E-state index contributed by atoms with van der Waals surface area (Å²) in [6.45, 7) is 2.45. The molecular formula is C16H16NO3S2-. The van der Waals surface area contributed by atoms with Crippen LogP contribution in [0.4, 0.5) is 0 Å². The van der Waals surface area contributed by atoms with Gasteiger partial charge in [-0.1, -0.05) is 53.8 Å². The lowest BCUT2D eigenvalue weighted by atomic mass is 10.1. The van der Waals surface area contributed by atoms with Gasteiger partial charge in [-0.2, -0.15) is 0 Å². The number of hydrogen-bond acceptors (Lipinski definition) is 5. The summed E-state index contributed by atoms with van der Waals surface area (Å²) in [5, 5.41) is 10.4. The molecule has 1 fully saturated rings. The van der Waals surface area contributed by atoms with E-state index >= 15 is 0 Å². The topological polar surface area (TPSA) is 60.4 Å². The van der Waals surface area contributed by atoms with Crippen LogP contribution in [-0.4, -0.2) is 27.6 Å². The molecule has 0 spiro atoms. The van der Waals surface area contributed by atoms with E-state index in [1.165, 1.54) is 16.7 Å². The molecule has 0 aliphatic carbocycles. The molecule has 1 aromatic rings. The SMILES string of the molecule is Cc1cccc(/C=C2\SC(=S)N(CCCCC(=O)[O-])C2=O)c1. The number of unbranched alkanes of at least 4 members (excludes halogenated alkanes) is 1. The van der Waals surface area contributed by atoms with Gasteiger partial charge in [-0.25, -0.2) is 0 Å². The lowest BCUT2D eigenvalue weighted by Gasteiger charge is -2.14. The zero-order valence-electron chi connectivity index (χ0n) is 12.2. The molecule has 0 unspecified atom stereocenters. The molecule has 1 saturated heterocycles. The number of aryl methyl sites for hydroxylation is 1. The molecule has 1 heterocycles. The van der Waals surface area contributed by atoms with E-state index < -0.39 is 5.97 Å². The monoisotopic (exact) mass is 334 g/mol. The Kier molecular flexibility index (Phi) is 5.74. The quantitative estimate of drug-likeness (QED) is 0.453. The normalized spacial score (nSPS) is 16.6. The second-order valence-corrected chi connectivity index (χ2v) is 6.75. The molecular weight excluding hydrogens is 318 g/mol. The van der Waals surface area contributed by atoms with Crippen molar-refractivity contribution >= 4 is 46.3 Å². The van der Waals surface area contributed by atoms with E-state index in [2.05, 4.69) is 0 Å². The standard InChI is InChI=1S/C16H17NO3S2/c1-11-5-4-6-12(9-11)10-13-15(20)17(16(21)22-13)8-3-2-7-14(18)19/h4-6,9-10H,2-3,7-8H2,1H3,(H,18,19)/p-1/b13-10-. The van der Waals surface area contributed by atoms with Crippen LogP contribution in [-0.2, 0) is 9.59 Å². The number of amides is 1. The first-order valence-electron chi connectivity index (χ1n) is 6.99. The number of thiocarbonyl (C=S) groups is 1. The fourth-order valence-electron chi connectivity index (χ4n) is 2.14. The van der Waals surface area contributed by atoms with Crippen LogP contribution in [0.15, 0.2) is 29.2 Å². The Morgan fingerprint density at radius 3 is 2.86 bits per heavy atom. The number of thioether (sulfide) groups is 1. The number of carboxylic acid groups (broad SMARTS) is 1. The minimum absolute atomic E-state index is 0.00786. The zero-order valence-corrected chi connectivity index (χ0v) is 13.8. The van der Waals surface area contributed by atoms with Crippen LogP contribution in [0.3, 0.4) is 0 Å². The third-order valence-corrected chi connectivity index (χ3v) is 4.60. The number of carboxylic acids is 1. The van der Waals surface area contributed by atoms with Gasteiger partial charge in [0.2, 0.25) is 0 Å². The summed E-state index contributed by atoms with van der Waals surface area (Å²) in [6, 6.07) is 7.90. The van der Waals surface area contributed by atoms with Crippen molar-refractivity contribution in [3.63, 3.8) is 0 Å². The van der Waals surface area contributed by atoms with Gasteiger partial charge in [0.05, 0.1) is 4.91 Å². The molecule has 1 aromatic carbocycles. The molecule has 1 amide bonds. The molecule has 22 heavy (non-hydrogen) atoms. The maximum Gasteiger partial charge on any atom is 0.266 e. The highest BCUT2D eigenvalue weighted by molar-refractivity contribution is 8.26. The molecule has 0 radical (unpaired) electrons. The van der Waals surface area contributed by atoms with Crippen molar-refractivity contribution in [3.05, 3.63) is 40.3 Å². The van der Waals surface area contributed by atoms with Crippen LogP contribution >= 0.6 is 24.0 Å². The van der Waals surface area contributed by atoms with Gasteiger partial charge in [-0.15, -0.1) is 0 Å². The van der Waals surface area contributed by atoms with Crippen LogP contribution in [0.5, 0.6) is 0 Å². The number of hydrogen-bond donors (Lipinski definition) is 0. The predicted molar refractivity (Wildman–Crippen MR) is 89.9 cm³/mol. The number of nitrogens with zero attached hydrogens (tertiary/aromatic N) is 1. The minimum atomic E-state index is -1.07. The predicted octanol–water partition coefficient (Wildman–Crippen LogP) is 2.12. The van der Waals surface area contributed by atoms with E-state index in [0.29, 0.717) is 28.6 Å². The summed E-state index contributed by atoms with van der Waals surface area (Å²) in [5.41, 5.74) is 2.10. The lowest BCUT2D eigenvalue weighted by molar-refractivity contribution is -0.305. The molecule has 1 aliphatic rings. The number of rotatable bonds is 6. The van der Waals surface area contributed by atoms with E-state index in [1.807, 2.05) is 37.3 Å². The Bertz CT molecular complexity index is 640. The van der Waals surface area contributed by atoms with Crippen LogP contribution in [0.2, 0.25) is 0 Å². The average Bonchev–Trinajstić information content (AvgIpc) is 2.70. The minimum Gasteiger partial charge on any atom is -0.550 e. The highest BCUT2D eigenvalue weighted by Gasteiger charge is 2.31. The Morgan fingerprint density at radius 2 is 2.18 bits per heavy atom. The summed E-state index contributed by atoms with van der Waals surface area (Å²) >= 11 is 6.52. The summed E-state index contributed by atoms with van der Waals surface area (Å²) < 4.78 is 0.525. The number of benzene rings is 1. The largest absolute Gasteiger partial charge is 0.550 e. The van der Waals surface area contributed by atoms with Crippen LogP contribution < -0.4 is 5.11 Å². The van der Waals surface area contributed by atoms with Gasteiger partial charge in [-0.05, 0) is 37.8 Å². The molecule has 0 N–H and O–H groups in total. The number of carbonyl (C=O) groups excluding carboxylic acids is 2. The van der Waals surface area contributed by atoms with Gasteiger partial charge in [0, 0.05) is 12.5 Å². The second-order valence-electron chi connectivity index (χ2n) is 5.08. The molecule has 1 aliphatic heterocycles. The molecule has 116 valence electrons. The first kappa shape index (κ1) is 16.7. The maximum absolute atomic E-state index is 12.4. The van der Waals surface area contributed by atoms with Crippen LogP contribution in [0.25, 0.3) is 6.08 Å². The van der Waals surface area contributed by atoms with Crippen molar-refractivity contribution in [3.8, 4) is 0 Å². The average molecular weight is 334 g/mol. The first-order chi connectivity index (χ1) is 10.5. The van der Waals surface area contributed by atoms with Gasteiger partial charge in [0.1, 0.15) is 4.32 Å². The Labute approximate surface area is 139 Å². The molecule has 0 bridgehead atoms. The summed E-state index contributed by atoms with van der Waals surface area (Å²) in [7, 11) is 0. The van der Waals surface area contributed by atoms with Gasteiger partial charge >= 0.3 is 0 Å². The van der Waals surface area contributed by atoms with Crippen molar-refractivity contribution in [1.29, 1.82) is 0 Å². The summed E-state index contributed by atoms with van der Waals surface area (Å²) in [6.07, 6.45) is 2.93. The van der Waals surface area contributed by atoms with E-state index in [-0.39, 0.29) is 12.3 Å². The number of aliphatic carboxylic acids is 1. The molecule has 0 aromatic heterocycles. The van der Waals surface area contributed by atoms with Gasteiger partial charge < -0.3 is 9.90 Å². The van der Waals surface area contributed by atoms with E-state index in [0.717, 1.165) is 11.1 Å². The van der Waals surface area contributed by atoms with Crippen molar-refractivity contribution in [2.24, 2.45) is 0 Å². The van der Waals surface area contributed by atoms with Crippen molar-refractivity contribution < 1.29 is 14.7 Å². The highest BCUT2D eigenvalue weighted by Crippen LogP contribution is 2.32. The summed E-state index contributed by atoms with van der Waals surface area (Å²) in [4.78, 5) is 24.9. The Hall–Kier alpha value is -1.66. The van der Waals surface area contributed by atoms with Crippen molar-refractivity contribution in [2.75, 3.05) is 6.54 Å². The molecule has 2 rings (SSSR count). The Balaban J connectivity index is 2.00. The van der Waals surface area contributed by atoms with Gasteiger partial charge in [0.15, 0.2) is 0 Å². The van der Waals surface area contributed by atoms with Gasteiger partial charge in [0.25, 0.3) is 5.91 Å². The van der Waals surface area contributed by atoms with Gasteiger partial charge in [-0.3, -0.25) is 9.69 Å².